The molecule has 10 heteroatoms. The molecule has 10 nitrogen and oxygen atoms in total. The summed E-state index contributed by atoms with van der Waals surface area (Å²) in [5.41, 5.74) is 0.837. The van der Waals surface area contributed by atoms with Crippen molar-refractivity contribution >= 4 is 34.6 Å². The molecular formula is C16H15N3O7. The third kappa shape index (κ3) is 2.86. The van der Waals surface area contributed by atoms with Gasteiger partial charge in [-0.3, -0.25) is 0 Å². The second-order valence-electron chi connectivity index (χ2n) is 5.31. The Morgan fingerprint density at radius 2 is 1.96 bits per heavy atom. The van der Waals surface area contributed by atoms with Crippen LogP contribution in [0.3, 0.4) is 0 Å². The number of hydrogen-bond acceptors (Lipinski definition) is 8. The minimum absolute atomic E-state index is 0.0657. The van der Waals surface area contributed by atoms with Gasteiger partial charge in [-0.1, -0.05) is 0 Å². The predicted molar refractivity (Wildman–Crippen MR) is 87.4 cm³/mol. The Morgan fingerprint density at radius 1 is 1.23 bits per heavy atom. The van der Waals surface area contributed by atoms with Crippen LogP contribution in [0.2, 0.25) is 0 Å². The summed E-state index contributed by atoms with van der Waals surface area (Å²) in [7, 11) is 2.33. The molecule has 0 bridgehead atoms. The van der Waals surface area contributed by atoms with Crippen LogP contribution in [0.15, 0.2) is 29.7 Å². The van der Waals surface area contributed by atoms with Crippen LogP contribution in [0.4, 0.5) is 5.69 Å². The number of imidazole rings is 1. The number of hydrogen-bond donors (Lipinski definition) is 2. The number of methoxy groups -OCH3 is 2. The molecule has 2 heterocycles. The van der Waals surface area contributed by atoms with E-state index in [2.05, 4.69) is 14.7 Å². The Hall–Kier alpha value is -3.40. The molecule has 26 heavy (non-hydrogen) atoms. The molecule has 0 fully saturated rings. The van der Waals surface area contributed by atoms with Crippen LogP contribution < -0.4 is 4.90 Å². The van der Waals surface area contributed by atoms with E-state index in [0.717, 1.165) is 7.11 Å². The van der Waals surface area contributed by atoms with Crippen molar-refractivity contribution in [3.63, 3.8) is 0 Å². The number of carboxylic acid groups (broad SMARTS) is 1. The fourth-order valence-electron chi connectivity index (χ4n) is 2.70. The summed E-state index contributed by atoms with van der Waals surface area (Å²) in [5, 5.41) is 9.57. The first kappa shape index (κ1) is 17.4. The number of rotatable bonds is 4. The van der Waals surface area contributed by atoms with Gasteiger partial charge in [-0.2, -0.15) is 0 Å². The number of H-pyrrole nitrogens is 1. The van der Waals surface area contributed by atoms with Crippen molar-refractivity contribution in [2.45, 2.75) is 0 Å². The Bertz CT molecular complexity index is 931. The van der Waals surface area contributed by atoms with Gasteiger partial charge in [0.2, 0.25) is 0 Å². The van der Waals surface area contributed by atoms with Crippen molar-refractivity contribution in [1.29, 1.82) is 0 Å². The molecule has 3 rings (SSSR count). The van der Waals surface area contributed by atoms with Gasteiger partial charge in [-0.05, 0) is 12.1 Å². The standard InChI is InChI=1S/C16H15N3O7/c1-24-15(22)9-5-26-7-19(13(9)16(23)25-2)12-4-11-10(17-6-18-11)3-8(12)14(20)21/h3-4,6H,5,7H2,1-2H3,(H,17,18)(H,20,21). The molecule has 2 N–H and O–H groups in total. The number of carbonyl (C=O) groups is 3. The minimum atomic E-state index is -1.22. The molecule has 1 aliphatic rings. The normalized spacial score (nSPS) is 14.5. The van der Waals surface area contributed by atoms with E-state index >= 15 is 0 Å². The zero-order valence-corrected chi connectivity index (χ0v) is 13.9. The van der Waals surface area contributed by atoms with Gasteiger partial charge in [0.05, 0.1) is 55.0 Å². The lowest BCUT2D eigenvalue weighted by molar-refractivity contribution is -0.140. The molecule has 1 aromatic heterocycles. The van der Waals surface area contributed by atoms with E-state index < -0.39 is 17.9 Å². The average molecular weight is 361 g/mol. The Kier molecular flexibility index (Phi) is 4.59. The SMILES string of the molecule is COC(=O)C1=C(C(=O)OC)N(c2cc3nc[nH]c3cc2C(=O)O)COC1. The van der Waals surface area contributed by atoms with Crippen molar-refractivity contribution in [2.24, 2.45) is 0 Å². The van der Waals surface area contributed by atoms with Crippen LogP contribution >= 0.6 is 0 Å². The minimum Gasteiger partial charge on any atom is -0.478 e. The number of carbonyl (C=O) groups excluding carboxylic acids is 2. The molecule has 0 aliphatic carbocycles. The highest BCUT2D eigenvalue weighted by Gasteiger charge is 2.34. The Labute approximate surface area is 147 Å². The first-order valence-corrected chi connectivity index (χ1v) is 7.43. The Morgan fingerprint density at radius 3 is 2.62 bits per heavy atom. The average Bonchev–Trinajstić information content (AvgIpc) is 3.12. The summed E-state index contributed by atoms with van der Waals surface area (Å²) in [6.45, 7) is -0.318. The number of carboxylic acids is 1. The highest BCUT2D eigenvalue weighted by Crippen LogP contribution is 2.32. The van der Waals surface area contributed by atoms with Gasteiger partial charge >= 0.3 is 17.9 Å². The maximum Gasteiger partial charge on any atom is 0.355 e. The number of benzene rings is 1. The first-order valence-electron chi connectivity index (χ1n) is 7.43. The molecule has 136 valence electrons. The van der Waals surface area contributed by atoms with E-state index in [1.807, 2.05) is 0 Å². The van der Waals surface area contributed by atoms with Crippen LogP contribution in [0.25, 0.3) is 11.0 Å². The molecule has 0 spiro atoms. The number of fused-ring (bicyclic) bond motifs is 1. The van der Waals surface area contributed by atoms with Crippen LogP contribution in [-0.2, 0) is 23.8 Å². The summed E-state index contributed by atoms with van der Waals surface area (Å²) >= 11 is 0. The predicted octanol–water partition coefficient (Wildman–Crippen LogP) is 0.655. The third-order valence-electron chi connectivity index (χ3n) is 3.89. The number of aromatic nitrogens is 2. The quantitative estimate of drug-likeness (QED) is 0.754. The molecule has 0 saturated heterocycles. The molecular weight excluding hydrogens is 346 g/mol. The van der Waals surface area contributed by atoms with Gasteiger partial charge in [0.1, 0.15) is 12.4 Å². The summed E-state index contributed by atoms with van der Waals surface area (Å²) in [4.78, 5) is 44.3. The molecule has 2 aromatic rings. The van der Waals surface area contributed by atoms with E-state index in [1.54, 1.807) is 0 Å². The molecule has 0 amide bonds. The maximum atomic E-state index is 12.3. The van der Waals surface area contributed by atoms with E-state index in [4.69, 9.17) is 9.47 Å². The molecule has 0 atom stereocenters. The number of nitrogens with zero attached hydrogens (tertiary/aromatic N) is 2. The number of aromatic amines is 1. The smallest absolute Gasteiger partial charge is 0.355 e. The summed E-state index contributed by atoms with van der Waals surface area (Å²) in [6, 6.07) is 2.88. The summed E-state index contributed by atoms with van der Waals surface area (Å²) in [5.74, 6) is -2.80. The Balaban J connectivity index is 2.24. The van der Waals surface area contributed by atoms with E-state index in [-0.39, 0.29) is 35.9 Å². The maximum absolute atomic E-state index is 12.3. The van der Waals surface area contributed by atoms with Crippen molar-refractivity contribution in [1.82, 2.24) is 9.97 Å². The number of nitrogens with one attached hydrogen (secondary N) is 1. The summed E-state index contributed by atoms with van der Waals surface area (Å²) in [6.07, 6.45) is 1.42. The topological polar surface area (TPSA) is 131 Å². The van der Waals surface area contributed by atoms with E-state index in [1.165, 1.54) is 30.5 Å². The van der Waals surface area contributed by atoms with Gasteiger partial charge in [-0.25, -0.2) is 19.4 Å². The molecule has 0 saturated carbocycles. The number of anilines is 1. The van der Waals surface area contributed by atoms with Crippen molar-refractivity contribution in [3.05, 3.63) is 35.3 Å². The van der Waals surface area contributed by atoms with Gasteiger partial charge < -0.3 is 29.2 Å². The second kappa shape index (κ2) is 6.84. The largest absolute Gasteiger partial charge is 0.478 e. The molecule has 1 aliphatic heterocycles. The molecule has 1 aromatic carbocycles. The molecule has 0 radical (unpaired) electrons. The lowest BCUT2D eigenvalue weighted by Gasteiger charge is -2.32. The summed E-state index contributed by atoms with van der Waals surface area (Å²) < 4.78 is 14.8. The van der Waals surface area contributed by atoms with Crippen molar-refractivity contribution in [3.8, 4) is 0 Å². The van der Waals surface area contributed by atoms with Crippen molar-refractivity contribution < 1.29 is 33.7 Å². The van der Waals surface area contributed by atoms with Gasteiger partial charge in [-0.15, -0.1) is 0 Å². The van der Waals surface area contributed by atoms with E-state index in [0.29, 0.717) is 11.0 Å². The molecule has 0 unspecified atom stereocenters. The fraction of sp³-hybridized carbons (Fsp3) is 0.250. The lowest BCUT2D eigenvalue weighted by atomic mass is 10.1. The van der Waals surface area contributed by atoms with Crippen LogP contribution in [0.1, 0.15) is 10.4 Å². The van der Waals surface area contributed by atoms with Gasteiger partial charge in [0, 0.05) is 0 Å². The fourth-order valence-corrected chi connectivity index (χ4v) is 2.70. The van der Waals surface area contributed by atoms with Gasteiger partial charge in [0.15, 0.2) is 0 Å². The third-order valence-corrected chi connectivity index (χ3v) is 3.89. The number of aromatic carboxylic acids is 1. The zero-order valence-electron chi connectivity index (χ0n) is 13.9. The highest BCUT2D eigenvalue weighted by molar-refractivity contribution is 6.06. The number of ether oxygens (including phenoxy) is 3. The first-order chi connectivity index (χ1) is 12.5. The monoisotopic (exact) mass is 361 g/mol. The van der Waals surface area contributed by atoms with Crippen molar-refractivity contribution in [2.75, 3.05) is 32.5 Å². The van der Waals surface area contributed by atoms with E-state index in [9.17, 15) is 19.5 Å². The van der Waals surface area contributed by atoms with Crippen LogP contribution in [0.5, 0.6) is 0 Å². The van der Waals surface area contributed by atoms with Crippen LogP contribution in [-0.4, -0.2) is 60.5 Å². The lowest BCUT2D eigenvalue weighted by Crippen LogP contribution is -2.39. The van der Waals surface area contributed by atoms with Crippen LogP contribution in [0, 0.1) is 0 Å². The number of esters is 2. The second-order valence-corrected chi connectivity index (χ2v) is 5.31. The highest BCUT2D eigenvalue weighted by atomic mass is 16.5. The van der Waals surface area contributed by atoms with Gasteiger partial charge in [0.25, 0.3) is 0 Å². The zero-order chi connectivity index (χ0) is 18.8.